The molecule has 0 aliphatic rings. The lowest BCUT2D eigenvalue weighted by molar-refractivity contribution is -0.145. The van der Waals surface area contributed by atoms with Gasteiger partial charge in [0, 0.05) is 6.54 Å². The number of ether oxygens (including phenoxy) is 2. The molecular weight excluding hydrogens is 354 g/mol. The van der Waals surface area contributed by atoms with Gasteiger partial charge in [-0.05, 0) is 36.3 Å². The van der Waals surface area contributed by atoms with Crippen molar-refractivity contribution in [2.75, 3.05) is 20.8 Å². The van der Waals surface area contributed by atoms with Crippen LogP contribution in [0.25, 0.3) is 0 Å². The van der Waals surface area contributed by atoms with Crippen molar-refractivity contribution in [1.29, 1.82) is 0 Å². The molecule has 1 aromatic rings. The summed E-state index contributed by atoms with van der Waals surface area (Å²) in [6, 6.07) is 6.95. The zero-order chi connectivity index (χ0) is 19.4. The molecule has 0 bridgehead atoms. The summed E-state index contributed by atoms with van der Waals surface area (Å²) in [5.74, 6) is 0.0338. The highest BCUT2D eigenvalue weighted by Crippen LogP contribution is 2.10. The first-order valence-corrected chi connectivity index (χ1v) is 8.92. The SMILES string of the molecule is CCCCC(NC(=O)CNC(=S)NCc1ccc(OC)cc1)C(=O)OC. The molecule has 0 fully saturated rings. The molecule has 0 heterocycles. The summed E-state index contributed by atoms with van der Waals surface area (Å²) in [6.07, 6.45) is 2.31. The third kappa shape index (κ3) is 8.15. The van der Waals surface area contributed by atoms with Gasteiger partial charge >= 0.3 is 5.97 Å². The third-order valence-corrected chi connectivity index (χ3v) is 3.98. The van der Waals surface area contributed by atoms with Gasteiger partial charge in [-0.15, -0.1) is 0 Å². The second kappa shape index (κ2) is 12.1. The molecule has 0 aromatic heterocycles. The number of methoxy groups -OCH3 is 2. The lowest BCUT2D eigenvalue weighted by Gasteiger charge is -2.17. The van der Waals surface area contributed by atoms with Gasteiger partial charge in [-0.25, -0.2) is 4.79 Å². The maximum atomic E-state index is 12.0. The smallest absolute Gasteiger partial charge is 0.328 e. The molecule has 7 nitrogen and oxygen atoms in total. The lowest BCUT2D eigenvalue weighted by Crippen LogP contribution is -2.47. The molecular formula is C18H27N3O4S. The lowest BCUT2D eigenvalue weighted by atomic mass is 10.1. The van der Waals surface area contributed by atoms with Crippen molar-refractivity contribution < 1.29 is 19.1 Å². The molecule has 0 aliphatic carbocycles. The van der Waals surface area contributed by atoms with E-state index < -0.39 is 12.0 Å². The maximum absolute atomic E-state index is 12.0. The average molecular weight is 381 g/mol. The molecule has 0 spiro atoms. The second-order valence-corrected chi connectivity index (χ2v) is 6.08. The molecule has 0 saturated carbocycles. The van der Waals surface area contributed by atoms with Gasteiger partial charge in [-0.3, -0.25) is 4.79 Å². The van der Waals surface area contributed by atoms with Crippen molar-refractivity contribution in [3.8, 4) is 5.75 Å². The van der Waals surface area contributed by atoms with E-state index in [0.29, 0.717) is 18.1 Å². The minimum absolute atomic E-state index is 0.0198. The van der Waals surface area contributed by atoms with E-state index in [0.717, 1.165) is 24.2 Å². The highest BCUT2D eigenvalue weighted by Gasteiger charge is 2.20. The number of benzene rings is 1. The van der Waals surface area contributed by atoms with Gasteiger partial charge in [0.2, 0.25) is 5.91 Å². The standard InChI is InChI=1S/C18H27N3O4S/c1-4-5-6-15(17(23)25-3)21-16(22)12-20-18(26)19-11-13-7-9-14(24-2)10-8-13/h7-10,15H,4-6,11-12H2,1-3H3,(H,21,22)(H2,19,20,26). The Labute approximate surface area is 159 Å². The summed E-state index contributed by atoms with van der Waals surface area (Å²) in [5.41, 5.74) is 1.03. The van der Waals surface area contributed by atoms with Crippen LogP contribution in [0.5, 0.6) is 5.75 Å². The Bertz CT molecular complexity index is 593. The summed E-state index contributed by atoms with van der Waals surface area (Å²) in [6.45, 7) is 2.53. The van der Waals surface area contributed by atoms with Gasteiger partial charge in [0.1, 0.15) is 11.8 Å². The molecule has 3 N–H and O–H groups in total. The van der Waals surface area contributed by atoms with Crippen molar-refractivity contribution in [3.05, 3.63) is 29.8 Å². The van der Waals surface area contributed by atoms with Crippen LogP contribution in [0.3, 0.4) is 0 Å². The van der Waals surface area contributed by atoms with Crippen LogP contribution in [-0.4, -0.2) is 43.8 Å². The van der Waals surface area contributed by atoms with E-state index in [1.165, 1.54) is 7.11 Å². The van der Waals surface area contributed by atoms with E-state index >= 15 is 0 Å². The van der Waals surface area contributed by atoms with Gasteiger partial charge in [0.25, 0.3) is 0 Å². The summed E-state index contributed by atoms with van der Waals surface area (Å²) in [4.78, 5) is 23.7. The molecule has 1 rings (SSSR count). The summed E-state index contributed by atoms with van der Waals surface area (Å²) in [5, 5.41) is 8.87. The number of amides is 1. The van der Waals surface area contributed by atoms with Crippen molar-refractivity contribution >= 4 is 29.2 Å². The number of hydrogen-bond acceptors (Lipinski definition) is 5. The molecule has 26 heavy (non-hydrogen) atoms. The van der Waals surface area contributed by atoms with Gasteiger partial charge < -0.3 is 25.4 Å². The Balaban J connectivity index is 2.35. The van der Waals surface area contributed by atoms with Crippen molar-refractivity contribution in [2.24, 2.45) is 0 Å². The quantitative estimate of drug-likeness (QED) is 0.418. The highest BCUT2D eigenvalue weighted by atomic mass is 32.1. The highest BCUT2D eigenvalue weighted by molar-refractivity contribution is 7.80. The number of thiocarbonyl (C=S) groups is 1. The predicted molar refractivity (Wildman–Crippen MR) is 104 cm³/mol. The van der Waals surface area contributed by atoms with Gasteiger partial charge in [-0.1, -0.05) is 31.9 Å². The van der Waals surface area contributed by atoms with E-state index in [-0.39, 0.29) is 12.5 Å². The van der Waals surface area contributed by atoms with Crippen LogP contribution in [0, 0.1) is 0 Å². The summed E-state index contributed by atoms with van der Waals surface area (Å²) >= 11 is 5.16. The minimum Gasteiger partial charge on any atom is -0.497 e. The molecule has 1 amide bonds. The van der Waals surface area contributed by atoms with Crippen LogP contribution in [0.2, 0.25) is 0 Å². The van der Waals surface area contributed by atoms with Crippen molar-refractivity contribution in [2.45, 2.75) is 38.8 Å². The fourth-order valence-corrected chi connectivity index (χ4v) is 2.34. The first-order valence-electron chi connectivity index (χ1n) is 8.52. The Kier molecular flexibility index (Phi) is 10.1. The van der Waals surface area contributed by atoms with Crippen LogP contribution in [-0.2, 0) is 20.9 Å². The van der Waals surface area contributed by atoms with Gasteiger partial charge in [0.15, 0.2) is 5.11 Å². The number of carbonyl (C=O) groups is 2. The number of carbonyl (C=O) groups excluding carboxylic acids is 2. The van der Waals surface area contributed by atoms with Crippen molar-refractivity contribution in [1.82, 2.24) is 16.0 Å². The largest absolute Gasteiger partial charge is 0.497 e. The average Bonchev–Trinajstić information content (AvgIpc) is 2.67. The van der Waals surface area contributed by atoms with E-state index in [1.807, 2.05) is 31.2 Å². The van der Waals surface area contributed by atoms with E-state index in [4.69, 9.17) is 21.7 Å². The topological polar surface area (TPSA) is 88.7 Å². The van der Waals surface area contributed by atoms with Crippen LogP contribution in [0.15, 0.2) is 24.3 Å². The molecule has 1 unspecified atom stereocenters. The number of rotatable bonds is 10. The first-order chi connectivity index (χ1) is 12.5. The Morgan fingerprint density at radius 1 is 1.15 bits per heavy atom. The van der Waals surface area contributed by atoms with Crippen LogP contribution < -0.4 is 20.7 Å². The minimum atomic E-state index is -0.630. The Morgan fingerprint density at radius 3 is 2.42 bits per heavy atom. The van der Waals surface area contributed by atoms with Crippen LogP contribution in [0.4, 0.5) is 0 Å². The van der Waals surface area contributed by atoms with E-state index in [9.17, 15) is 9.59 Å². The molecule has 0 aliphatic heterocycles. The molecule has 1 aromatic carbocycles. The number of unbranched alkanes of at least 4 members (excludes halogenated alkanes) is 1. The fourth-order valence-electron chi connectivity index (χ4n) is 2.19. The number of esters is 1. The van der Waals surface area contributed by atoms with E-state index in [2.05, 4.69) is 16.0 Å². The monoisotopic (exact) mass is 381 g/mol. The number of hydrogen-bond donors (Lipinski definition) is 3. The Morgan fingerprint density at radius 2 is 1.85 bits per heavy atom. The molecule has 1 atom stereocenters. The predicted octanol–water partition coefficient (Wildman–Crippen LogP) is 1.51. The summed E-state index contributed by atoms with van der Waals surface area (Å²) < 4.78 is 9.82. The molecule has 0 radical (unpaired) electrons. The molecule has 144 valence electrons. The third-order valence-electron chi connectivity index (χ3n) is 3.69. The molecule has 8 heteroatoms. The summed E-state index contributed by atoms with van der Waals surface area (Å²) in [7, 11) is 2.92. The Hall–Kier alpha value is -2.35. The second-order valence-electron chi connectivity index (χ2n) is 5.67. The molecule has 0 saturated heterocycles. The zero-order valence-corrected chi connectivity index (χ0v) is 16.3. The van der Waals surface area contributed by atoms with E-state index in [1.54, 1.807) is 7.11 Å². The van der Waals surface area contributed by atoms with Crippen molar-refractivity contribution in [3.63, 3.8) is 0 Å². The van der Waals surface area contributed by atoms with Gasteiger partial charge in [-0.2, -0.15) is 0 Å². The van der Waals surface area contributed by atoms with Crippen LogP contribution >= 0.6 is 12.2 Å². The van der Waals surface area contributed by atoms with Crippen LogP contribution in [0.1, 0.15) is 31.7 Å². The zero-order valence-electron chi connectivity index (χ0n) is 15.5. The first kappa shape index (κ1) is 21.7. The number of nitrogens with one attached hydrogen (secondary N) is 3. The normalized spacial score (nSPS) is 11.2. The maximum Gasteiger partial charge on any atom is 0.328 e. The van der Waals surface area contributed by atoms with Gasteiger partial charge in [0.05, 0.1) is 20.8 Å². The fraction of sp³-hybridized carbons (Fsp3) is 0.500.